The van der Waals surface area contributed by atoms with Crippen LogP contribution in [0.4, 0.5) is 0 Å². The number of methoxy groups -OCH3 is 1. The highest BCUT2D eigenvalue weighted by atomic mass is 16.5. The van der Waals surface area contributed by atoms with Gasteiger partial charge in [0.15, 0.2) is 0 Å². The summed E-state index contributed by atoms with van der Waals surface area (Å²) in [5.74, 6) is -0.277. The standard InChI is InChI=1S/C19H19NO3/c1-23-19(22)15-9-7-14(8-10-15)17-16(12-20-18(17)21)11-13-5-3-2-4-6-13/h2-10,16-17H,11-12H2,1H3,(H,20,21)/t16?,17-/m0/s1. The van der Waals surface area contributed by atoms with Crippen molar-refractivity contribution in [2.75, 3.05) is 13.7 Å². The normalized spacial score (nSPS) is 20.1. The molecule has 0 aliphatic carbocycles. The van der Waals surface area contributed by atoms with Crippen LogP contribution in [0.2, 0.25) is 0 Å². The monoisotopic (exact) mass is 309 g/mol. The third-order valence-corrected chi connectivity index (χ3v) is 4.32. The predicted octanol–water partition coefficient (Wildman–Crippen LogP) is 2.55. The lowest BCUT2D eigenvalue weighted by atomic mass is 9.84. The Morgan fingerprint density at radius 2 is 1.83 bits per heavy atom. The highest BCUT2D eigenvalue weighted by Crippen LogP contribution is 2.32. The van der Waals surface area contributed by atoms with Gasteiger partial charge in [0.25, 0.3) is 0 Å². The highest BCUT2D eigenvalue weighted by molar-refractivity contribution is 5.90. The Labute approximate surface area is 135 Å². The van der Waals surface area contributed by atoms with Gasteiger partial charge in [-0.15, -0.1) is 0 Å². The number of ether oxygens (including phenoxy) is 1. The summed E-state index contributed by atoms with van der Waals surface area (Å²) in [5, 5.41) is 2.96. The van der Waals surface area contributed by atoms with Gasteiger partial charge in [0.2, 0.25) is 5.91 Å². The summed E-state index contributed by atoms with van der Waals surface area (Å²) >= 11 is 0. The molecule has 0 aromatic heterocycles. The molecule has 2 atom stereocenters. The minimum absolute atomic E-state index is 0.0525. The molecule has 1 amide bonds. The molecule has 1 unspecified atom stereocenters. The van der Waals surface area contributed by atoms with Gasteiger partial charge in [-0.1, -0.05) is 42.5 Å². The van der Waals surface area contributed by atoms with Crippen molar-refractivity contribution < 1.29 is 14.3 Å². The number of esters is 1. The molecule has 2 aromatic rings. The molecule has 1 N–H and O–H groups in total. The zero-order valence-corrected chi connectivity index (χ0v) is 13.0. The number of hydrogen-bond acceptors (Lipinski definition) is 3. The Morgan fingerprint density at radius 1 is 1.13 bits per heavy atom. The van der Waals surface area contributed by atoms with Gasteiger partial charge in [0, 0.05) is 6.54 Å². The van der Waals surface area contributed by atoms with Crippen LogP contribution in [0.1, 0.15) is 27.4 Å². The molecule has 118 valence electrons. The van der Waals surface area contributed by atoms with Gasteiger partial charge in [0.1, 0.15) is 0 Å². The van der Waals surface area contributed by atoms with Crippen LogP contribution in [0, 0.1) is 5.92 Å². The molecule has 23 heavy (non-hydrogen) atoms. The molecule has 0 bridgehead atoms. The third kappa shape index (κ3) is 3.26. The summed E-state index contributed by atoms with van der Waals surface area (Å²) in [6, 6.07) is 17.3. The molecular formula is C19H19NO3. The molecule has 0 radical (unpaired) electrons. The van der Waals surface area contributed by atoms with Crippen molar-refractivity contribution in [1.29, 1.82) is 0 Å². The first kappa shape index (κ1) is 15.3. The first-order valence-corrected chi connectivity index (χ1v) is 7.69. The van der Waals surface area contributed by atoms with Crippen LogP contribution in [0.5, 0.6) is 0 Å². The summed E-state index contributed by atoms with van der Waals surface area (Å²) in [4.78, 5) is 23.8. The van der Waals surface area contributed by atoms with E-state index in [-0.39, 0.29) is 23.7 Å². The summed E-state index contributed by atoms with van der Waals surface area (Å²) in [7, 11) is 1.36. The van der Waals surface area contributed by atoms with Crippen LogP contribution in [0.15, 0.2) is 54.6 Å². The number of rotatable bonds is 4. The SMILES string of the molecule is COC(=O)c1ccc([C@@H]2C(=O)NCC2Cc2ccccc2)cc1. The maximum atomic E-state index is 12.2. The zero-order valence-electron chi connectivity index (χ0n) is 13.0. The van der Waals surface area contributed by atoms with E-state index < -0.39 is 0 Å². The van der Waals surface area contributed by atoms with E-state index in [2.05, 4.69) is 17.4 Å². The number of benzene rings is 2. The van der Waals surface area contributed by atoms with E-state index in [0.717, 1.165) is 12.0 Å². The van der Waals surface area contributed by atoms with Gasteiger partial charge >= 0.3 is 5.97 Å². The Hall–Kier alpha value is -2.62. The zero-order chi connectivity index (χ0) is 16.2. The van der Waals surface area contributed by atoms with E-state index in [1.54, 1.807) is 12.1 Å². The van der Waals surface area contributed by atoms with Gasteiger partial charge in [-0.25, -0.2) is 4.79 Å². The van der Waals surface area contributed by atoms with Gasteiger partial charge in [-0.3, -0.25) is 4.79 Å². The number of carbonyl (C=O) groups is 2. The Balaban J connectivity index is 1.81. The van der Waals surface area contributed by atoms with E-state index in [4.69, 9.17) is 4.74 Å². The molecule has 1 fully saturated rings. The lowest BCUT2D eigenvalue weighted by molar-refractivity contribution is -0.120. The second kappa shape index (κ2) is 6.65. The molecule has 1 heterocycles. The molecule has 2 aromatic carbocycles. The van der Waals surface area contributed by atoms with Crippen LogP contribution in [-0.4, -0.2) is 25.5 Å². The fourth-order valence-corrected chi connectivity index (χ4v) is 3.15. The Bertz CT molecular complexity index is 694. The fraction of sp³-hybridized carbons (Fsp3) is 0.263. The quantitative estimate of drug-likeness (QED) is 0.883. The van der Waals surface area contributed by atoms with Crippen molar-refractivity contribution in [2.24, 2.45) is 5.92 Å². The van der Waals surface area contributed by atoms with Crippen LogP contribution >= 0.6 is 0 Å². The minimum Gasteiger partial charge on any atom is -0.465 e. The molecule has 3 rings (SSSR count). The smallest absolute Gasteiger partial charge is 0.337 e. The summed E-state index contributed by atoms with van der Waals surface area (Å²) in [5.41, 5.74) is 2.66. The first-order chi connectivity index (χ1) is 11.2. The van der Waals surface area contributed by atoms with Crippen molar-refractivity contribution in [1.82, 2.24) is 5.32 Å². The predicted molar refractivity (Wildman–Crippen MR) is 87.2 cm³/mol. The van der Waals surface area contributed by atoms with Crippen molar-refractivity contribution in [3.8, 4) is 0 Å². The van der Waals surface area contributed by atoms with Crippen molar-refractivity contribution in [3.05, 3.63) is 71.3 Å². The maximum absolute atomic E-state index is 12.2. The molecule has 0 spiro atoms. The average Bonchev–Trinajstić information content (AvgIpc) is 2.95. The third-order valence-electron chi connectivity index (χ3n) is 4.32. The Morgan fingerprint density at radius 3 is 2.48 bits per heavy atom. The summed E-state index contributed by atoms with van der Waals surface area (Å²) in [6.07, 6.45) is 0.850. The van der Waals surface area contributed by atoms with Gasteiger partial charge in [-0.05, 0) is 35.6 Å². The molecule has 1 aliphatic heterocycles. The van der Waals surface area contributed by atoms with E-state index in [9.17, 15) is 9.59 Å². The minimum atomic E-state index is -0.367. The van der Waals surface area contributed by atoms with Crippen LogP contribution in [-0.2, 0) is 16.0 Å². The van der Waals surface area contributed by atoms with Crippen molar-refractivity contribution in [2.45, 2.75) is 12.3 Å². The molecule has 0 saturated carbocycles. The lowest BCUT2D eigenvalue weighted by Gasteiger charge is -2.17. The van der Waals surface area contributed by atoms with E-state index in [0.29, 0.717) is 12.1 Å². The lowest BCUT2D eigenvalue weighted by Crippen LogP contribution is -2.18. The topological polar surface area (TPSA) is 55.4 Å². The van der Waals surface area contributed by atoms with Crippen LogP contribution in [0.25, 0.3) is 0 Å². The van der Waals surface area contributed by atoms with Gasteiger partial charge in [-0.2, -0.15) is 0 Å². The highest BCUT2D eigenvalue weighted by Gasteiger charge is 2.35. The number of amides is 1. The number of hydrogen-bond donors (Lipinski definition) is 1. The largest absolute Gasteiger partial charge is 0.465 e. The second-order valence-corrected chi connectivity index (χ2v) is 5.79. The van der Waals surface area contributed by atoms with Crippen molar-refractivity contribution in [3.63, 3.8) is 0 Å². The van der Waals surface area contributed by atoms with Gasteiger partial charge < -0.3 is 10.1 Å². The molecule has 4 heteroatoms. The summed E-state index contributed by atoms with van der Waals surface area (Å²) in [6.45, 7) is 0.678. The van der Waals surface area contributed by atoms with Gasteiger partial charge in [0.05, 0.1) is 18.6 Å². The first-order valence-electron chi connectivity index (χ1n) is 7.69. The summed E-state index contributed by atoms with van der Waals surface area (Å²) < 4.78 is 4.70. The maximum Gasteiger partial charge on any atom is 0.337 e. The molecule has 1 saturated heterocycles. The molecule has 4 nitrogen and oxygen atoms in total. The fourth-order valence-electron chi connectivity index (χ4n) is 3.15. The second-order valence-electron chi connectivity index (χ2n) is 5.79. The van der Waals surface area contributed by atoms with E-state index in [1.165, 1.54) is 12.7 Å². The van der Waals surface area contributed by atoms with E-state index >= 15 is 0 Å². The molecular weight excluding hydrogens is 290 g/mol. The van der Waals surface area contributed by atoms with Crippen molar-refractivity contribution >= 4 is 11.9 Å². The Kier molecular flexibility index (Phi) is 4.42. The number of nitrogens with one attached hydrogen (secondary N) is 1. The average molecular weight is 309 g/mol. The molecule has 1 aliphatic rings. The number of carbonyl (C=O) groups excluding carboxylic acids is 2. The van der Waals surface area contributed by atoms with E-state index in [1.807, 2.05) is 30.3 Å². The van der Waals surface area contributed by atoms with Crippen LogP contribution in [0.3, 0.4) is 0 Å². The van der Waals surface area contributed by atoms with Crippen LogP contribution < -0.4 is 5.32 Å².